The molecule has 0 saturated carbocycles. The highest BCUT2D eigenvalue weighted by atomic mass is 79.9. The van der Waals surface area contributed by atoms with Gasteiger partial charge in [-0.1, -0.05) is 45.7 Å². The maximum Gasteiger partial charge on any atom is 0.255 e. The van der Waals surface area contributed by atoms with Gasteiger partial charge in [0.15, 0.2) is 0 Å². The second-order valence-electron chi connectivity index (χ2n) is 4.42. The van der Waals surface area contributed by atoms with Gasteiger partial charge in [-0.05, 0) is 29.8 Å². The minimum Gasteiger partial charge on any atom is -0.337 e. The molecule has 2 rings (SSSR count). The van der Waals surface area contributed by atoms with Crippen molar-refractivity contribution in [3.8, 4) is 0 Å². The first kappa shape index (κ1) is 15.4. The summed E-state index contributed by atoms with van der Waals surface area (Å²) >= 11 is 13.8. The first-order chi connectivity index (χ1) is 9.49. The standard InChI is InChI=1S/C15H13BrClNOS/c1-18(9-10-4-2-3-5-13(10)16)15(19)12-8-11(20)6-7-14(12)17/h2-8,20H,9H2,1H3. The van der Waals surface area contributed by atoms with Crippen LogP contribution in [0, 0.1) is 0 Å². The van der Waals surface area contributed by atoms with E-state index in [0.29, 0.717) is 22.0 Å². The molecule has 0 aromatic heterocycles. The lowest BCUT2D eigenvalue weighted by Gasteiger charge is -2.19. The lowest BCUT2D eigenvalue weighted by molar-refractivity contribution is 0.0785. The largest absolute Gasteiger partial charge is 0.337 e. The summed E-state index contributed by atoms with van der Waals surface area (Å²) in [6, 6.07) is 12.9. The van der Waals surface area contributed by atoms with Crippen molar-refractivity contribution >= 4 is 46.1 Å². The van der Waals surface area contributed by atoms with Crippen LogP contribution in [0.4, 0.5) is 0 Å². The fourth-order valence-electron chi connectivity index (χ4n) is 1.84. The van der Waals surface area contributed by atoms with Crippen LogP contribution in [0.2, 0.25) is 5.02 Å². The highest BCUT2D eigenvalue weighted by Crippen LogP contribution is 2.23. The molecule has 0 bridgehead atoms. The third kappa shape index (κ3) is 3.57. The fourth-order valence-corrected chi connectivity index (χ4v) is 2.65. The van der Waals surface area contributed by atoms with Crippen LogP contribution in [-0.4, -0.2) is 17.9 Å². The highest BCUT2D eigenvalue weighted by Gasteiger charge is 2.16. The molecule has 0 unspecified atom stereocenters. The van der Waals surface area contributed by atoms with Gasteiger partial charge in [0.05, 0.1) is 10.6 Å². The molecule has 104 valence electrons. The van der Waals surface area contributed by atoms with Gasteiger partial charge in [0.25, 0.3) is 5.91 Å². The predicted octanol–water partition coefficient (Wildman–Crippen LogP) is 4.66. The molecule has 20 heavy (non-hydrogen) atoms. The SMILES string of the molecule is CN(Cc1ccccc1Br)C(=O)c1cc(S)ccc1Cl. The van der Waals surface area contributed by atoms with E-state index in [1.807, 2.05) is 24.3 Å². The summed E-state index contributed by atoms with van der Waals surface area (Å²) in [5.74, 6) is -0.123. The molecule has 2 nitrogen and oxygen atoms in total. The molecule has 2 aromatic rings. The first-order valence-corrected chi connectivity index (χ1v) is 7.58. The number of carbonyl (C=O) groups is 1. The molecule has 0 atom stereocenters. The number of halogens is 2. The average molecular weight is 371 g/mol. The second-order valence-corrected chi connectivity index (χ2v) is 6.19. The lowest BCUT2D eigenvalue weighted by Crippen LogP contribution is -2.26. The van der Waals surface area contributed by atoms with Crippen molar-refractivity contribution in [3.63, 3.8) is 0 Å². The van der Waals surface area contributed by atoms with Crippen molar-refractivity contribution in [1.82, 2.24) is 4.90 Å². The van der Waals surface area contributed by atoms with Crippen LogP contribution in [0.25, 0.3) is 0 Å². The summed E-state index contributed by atoms with van der Waals surface area (Å²) in [7, 11) is 1.75. The predicted molar refractivity (Wildman–Crippen MR) is 88.6 cm³/mol. The fraction of sp³-hybridized carbons (Fsp3) is 0.133. The number of amides is 1. The van der Waals surface area contributed by atoms with Crippen molar-refractivity contribution in [3.05, 3.63) is 63.1 Å². The Hall–Kier alpha value is -0.970. The quantitative estimate of drug-likeness (QED) is 0.779. The Bertz CT molecular complexity index is 648. The van der Waals surface area contributed by atoms with Gasteiger partial charge in [-0.15, -0.1) is 12.6 Å². The van der Waals surface area contributed by atoms with E-state index < -0.39 is 0 Å². The van der Waals surface area contributed by atoms with Gasteiger partial charge in [0, 0.05) is 23.0 Å². The number of hydrogen-bond acceptors (Lipinski definition) is 2. The zero-order valence-electron chi connectivity index (χ0n) is 10.8. The van der Waals surface area contributed by atoms with Crippen molar-refractivity contribution < 1.29 is 4.79 Å². The highest BCUT2D eigenvalue weighted by molar-refractivity contribution is 9.10. The molecule has 0 heterocycles. The van der Waals surface area contributed by atoms with Crippen LogP contribution in [-0.2, 0) is 6.54 Å². The molecule has 0 spiro atoms. The summed E-state index contributed by atoms with van der Waals surface area (Å²) < 4.78 is 0.980. The molecule has 2 aromatic carbocycles. The maximum atomic E-state index is 12.4. The Morgan fingerprint density at radius 3 is 2.70 bits per heavy atom. The monoisotopic (exact) mass is 369 g/mol. The van der Waals surface area contributed by atoms with Crippen LogP contribution in [0.15, 0.2) is 51.8 Å². The van der Waals surface area contributed by atoms with Gasteiger partial charge in [0.1, 0.15) is 0 Å². The number of hydrogen-bond donors (Lipinski definition) is 1. The Kier molecular flexibility index (Phi) is 5.13. The molecule has 0 N–H and O–H groups in total. The van der Waals surface area contributed by atoms with Crippen LogP contribution < -0.4 is 0 Å². The molecule has 0 aliphatic rings. The molecule has 0 aliphatic carbocycles. The van der Waals surface area contributed by atoms with Crippen LogP contribution in [0.3, 0.4) is 0 Å². The Morgan fingerprint density at radius 1 is 1.30 bits per heavy atom. The third-order valence-electron chi connectivity index (χ3n) is 2.89. The van der Waals surface area contributed by atoms with E-state index in [1.165, 1.54) is 0 Å². The zero-order valence-corrected chi connectivity index (χ0v) is 14.0. The maximum absolute atomic E-state index is 12.4. The summed E-state index contributed by atoms with van der Waals surface area (Å²) in [4.78, 5) is 14.8. The first-order valence-electron chi connectivity index (χ1n) is 5.96. The van der Waals surface area contributed by atoms with Crippen molar-refractivity contribution in [2.24, 2.45) is 0 Å². The number of rotatable bonds is 3. The molecule has 0 fully saturated rings. The summed E-state index contributed by atoms with van der Waals surface area (Å²) in [6.07, 6.45) is 0. The van der Waals surface area contributed by atoms with Gasteiger partial charge in [-0.3, -0.25) is 4.79 Å². The second kappa shape index (κ2) is 6.66. The normalized spacial score (nSPS) is 10.4. The van der Waals surface area contributed by atoms with Crippen LogP contribution >= 0.6 is 40.2 Å². The third-order valence-corrected chi connectivity index (χ3v) is 4.27. The van der Waals surface area contributed by atoms with Gasteiger partial charge in [-0.25, -0.2) is 0 Å². The average Bonchev–Trinajstić information content (AvgIpc) is 2.43. The van der Waals surface area contributed by atoms with Crippen LogP contribution in [0.1, 0.15) is 15.9 Å². The van der Waals surface area contributed by atoms with E-state index in [1.54, 1.807) is 30.1 Å². The molecular formula is C15H13BrClNOS. The van der Waals surface area contributed by atoms with E-state index in [9.17, 15) is 4.79 Å². The lowest BCUT2D eigenvalue weighted by atomic mass is 10.1. The number of thiol groups is 1. The van der Waals surface area contributed by atoms with Crippen molar-refractivity contribution in [1.29, 1.82) is 0 Å². The van der Waals surface area contributed by atoms with E-state index in [4.69, 9.17) is 11.6 Å². The summed E-state index contributed by atoms with van der Waals surface area (Å²) in [6.45, 7) is 0.507. The molecule has 0 saturated heterocycles. The minimum atomic E-state index is -0.123. The van der Waals surface area contributed by atoms with E-state index in [2.05, 4.69) is 28.6 Å². The molecule has 5 heteroatoms. The molecule has 0 aliphatic heterocycles. The Morgan fingerprint density at radius 2 is 2.00 bits per heavy atom. The summed E-state index contributed by atoms with van der Waals surface area (Å²) in [5, 5.41) is 0.437. The minimum absolute atomic E-state index is 0.123. The number of carbonyl (C=O) groups excluding carboxylic acids is 1. The van der Waals surface area contributed by atoms with Gasteiger partial charge < -0.3 is 4.90 Å². The van der Waals surface area contributed by atoms with E-state index in [-0.39, 0.29) is 5.91 Å². The van der Waals surface area contributed by atoms with Crippen molar-refractivity contribution in [2.75, 3.05) is 7.05 Å². The van der Waals surface area contributed by atoms with Gasteiger partial charge in [0.2, 0.25) is 0 Å². The zero-order chi connectivity index (χ0) is 14.7. The summed E-state index contributed by atoms with van der Waals surface area (Å²) in [5.41, 5.74) is 1.51. The topological polar surface area (TPSA) is 20.3 Å². The Labute approximate surface area is 137 Å². The molecule has 0 radical (unpaired) electrons. The number of nitrogens with zero attached hydrogens (tertiary/aromatic N) is 1. The van der Waals surface area contributed by atoms with Crippen molar-refractivity contribution in [2.45, 2.75) is 11.4 Å². The van der Waals surface area contributed by atoms with E-state index >= 15 is 0 Å². The van der Waals surface area contributed by atoms with Gasteiger partial charge >= 0.3 is 0 Å². The van der Waals surface area contributed by atoms with Crippen LogP contribution in [0.5, 0.6) is 0 Å². The van der Waals surface area contributed by atoms with E-state index in [0.717, 1.165) is 10.0 Å². The Balaban J connectivity index is 2.21. The van der Waals surface area contributed by atoms with Gasteiger partial charge in [-0.2, -0.15) is 0 Å². The molecule has 1 amide bonds. The number of benzene rings is 2. The molecular weight excluding hydrogens is 358 g/mol. The smallest absolute Gasteiger partial charge is 0.255 e.